The van der Waals surface area contributed by atoms with E-state index in [1.165, 1.54) is 11.3 Å². The van der Waals surface area contributed by atoms with Gasteiger partial charge in [0.2, 0.25) is 11.8 Å². The van der Waals surface area contributed by atoms with Crippen molar-refractivity contribution in [3.05, 3.63) is 50.6 Å². The molecule has 0 saturated heterocycles. The van der Waals surface area contributed by atoms with E-state index in [4.69, 9.17) is 0 Å². The van der Waals surface area contributed by atoms with Crippen LogP contribution in [0.5, 0.6) is 0 Å². The predicted octanol–water partition coefficient (Wildman–Crippen LogP) is 3.93. The lowest BCUT2D eigenvalue weighted by atomic mass is 10.1. The molecule has 0 aliphatic heterocycles. The van der Waals surface area contributed by atoms with Gasteiger partial charge in [0.1, 0.15) is 6.04 Å². The normalized spacial score (nSPS) is 11.8. The lowest BCUT2D eigenvalue weighted by Crippen LogP contribution is -2.44. The zero-order chi connectivity index (χ0) is 20.7. The van der Waals surface area contributed by atoms with Gasteiger partial charge in [0.25, 0.3) is 5.91 Å². The number of anilines is 1. The van der Waals surface area contributed by atoms with Crippen LogP contribution in [-0.4, -0.2) is 23.8 Å². The Kier molecular flexibility index (Phi) is 8.19. The number of amides is 3. The number of carbonyl (C=O) groups excluding carboxylic acids is 3. The van der Waals surface area contributed by atoms with Gasteiger partial charge in [-0.05, 0) is 58.6 Å². The summed E-state index contributed by atoms with van der Waals surface area (Å²) in [6.07, 6.45) is 0.457. The highest BCUT2D eigenvalue weighted by Gasteiger charge is 2.17. The van der Waals surface area contributed by atoms with E-state index < -0.39 is 6.04 Å². The van der Waals surface area contributed by atoms with Gasteiger partial charge in [-0.1, -0.05) is 26.0 Å². The maximum Gasteiger partial charge on any atom is 0.262 e. The average Bonchev–Trinajstić information content (AvgIpc) is 3.05. The standard InChI is InChI=1S/C20H24BrN3O3S/c1-12(2)9-18(25)24-15-6-4-5-14(10-15)11-22-19(26)13(3)23-20(27)16-7-8-17(21)28-16/h4-8,10,12-13H,9,11H2,1-3H3,(H,22,26)(H,23,27)(H,24,25). The van der Waals surface area contributed by atoms with E-state index in [2.05, 4.69) is 31.9 Å². The maximum absolute atomic E-state index is 12.3. The smallest absolute Gasteiger partial charge is 0.262 e. The number of hydrogen-bond donors (Lipinski definition) is 3. The quantitative estimate of drug-likeness (QED) is 0.551. The lowest BCUT2D eigenvalue weighted by molar-refractivity contribution is -0.122. The van der Waals surface area contributed by atoms with Crippen LogP contribution in [0.4, 0.5) is 5.69 Å². The summed E-state index contributed by atoms with van der Waals surface area (Å²) in [4.78, 5) is 36.8. The monoisotopic (exact) mass is 465 g/mol. The van der Waals surface area contributed by atoms with Crippen LogP contribution >= 0.6 is 27.3 Å². The van der Waals surface area contributed by atoms with Crippen LogP contribution in [0.25, 0.3) is 0 Å². The summed E-state index contributed by atoms with van der Waals surface area (Å²) in [6.45, 7) is 5.92. The van der Waals surface area contributed by atoms with E-state index >= 15 is 0 Å². The fourth-order valence-corrected chi connectivity index (χ4v) is 3.74. The largest absolute Gasteiger partial charge is 0.350 e. The number of thiophene rings is 1. The fourth-order valence-electron chi connectivity index (χ4n) is 2.45. The Bertz CT molecular complexity index is 851. The molecule has 3 N–H and O–H groups in total. The van der Waals surface area contributed by atoms with Crippen LogP contribution in [0.15, 0.2) is 40.2 Å². The fraction of sp³-hybridized carbons (Fsp3) is 0.350. The highest BCUT2D eigenvalue weighted by Crippen LogP contribution is 2.21. The topological polar surface area (TPSA) is 87.3 Å². The number of benzene rings is 1. The van der Waals surface area contributed by atoms with Gasteiger partial charge in [-0.25, -0.2) is 0 Å². The van der Waals surface area contributed by atoms with E-state index in [-0.39, 0.29) is 23.6 Å². The van der Waals surface area contributed by atoms with E-state index in [9.17, 15) is 14.4 Å². The van der Waals surface area contributed by atoms with Crippen LogP contribution < -0.4 is 16.0 Å². The van der Waals surface area contributed by atoms with E-state index in [1.54, 1.807) is 19.1 Å². The van der Waals surface area contributed by atoms with Crippen molar-refractivity contribution < 1.29 is 14.4 Å². The van der Waals surface area contributed by atoms with Gasteiger partial charge in [0.15, 0.2) is 0 Å². The molecule has 0 radical (unpaired) electrons. The predicted molar refractivity (Wildman–Crippen MR) is 115 cm³/mol. The first-order valence-corrected chi connectivity index (χ1v) is 10.6. The molecule has 0 aliphatic rings. The maximum atomic E-state index is 12.3. The molecule has 1 atom stereocenters. The summed E-state index contributed by atoms with van der Waals surface area (Å²) in [7, 11) is 0. The molecular weight excluding hydrogens is 442 g/mol. The molecule has 6 nitrogen and oxygen atoms in total. The highest BCUT2D eigenvalue weighted by molar-refractivity contribution is 9.11. The summed E-state index contributed by atoms with van der Waals surface area (Å²) in [5, 5.41) is 8.34. The second kappa shape index (κ2) is 10.4. The van der Waals surface area contributed by atoms with Crippen molar-refractivity contribution in [2.45, 2.75) is 39.8 Å². The summed E-state index contributed by atoms with van der Waals surface area (Å²) in [6, 6.07) is 10.2. The van der Waals surface area contributed by atoms with Gasteiger partial charge in [-0.3, -0.25) is 14.4 Å². The van der Waals surface area contributed by atoms with Crippen molar-refractivity contribution >= 4 is 50.7 Å². The molecule has 0 bridgehead atoms. The Balaban J connectivity index is 1.85. The van der Waals surface area contributed by atoms with E-state index in [1.807, 2.05) is 38.1 Å². The third-order valence-corrected chi connectivity index (χ3v) is 5.43. The Hall–Kier alpha value is -2.19. The second-order valence-electron chi connectivity index (χ2n) is 6.86. The van der Waals surface area contributed by atoms with Crippen LogP contribution in [0.2, 0.25) is 0 Å². The van der Waals surface area contributed by atoms with E-state index in [0.29, 0.717) is 23.5 Å². The summed E-state index contributed by atoms with van der Waals surface area (Å²) in [5.74, 6) is -0.311. The molecule has 150 valence electrons. The molecule has 8 heteroatoms. The first-order chi connectivity index (χ1) is 13.2. The molecule has 0 spiro atoms. The second-order valence-corrected chi connectivity index (χ2v) is 9.33. The van der Waals surface area contributed by atoms with E-state index in [0.717, 1.165) is 9.35 Å². The zero-order valence-corrected chi connectivity index (χ0v) is 18.4. The SMILES string of the molecule is CC(C)CC(=O)Nc1cccc(CNC(=O)C(C)NC(=O)c2ccc(Br)s2)c1. The minimum absolute atomic E-state index is 0.0345. The molecule has 1 heterocycles. The van der Waals surface area contributed by atoms with Crippen molar-refractivity contribution in [3.63, 3.8) is 0 Å². The Labute approximate surface area is 177 Å². The molecule has 1 aromatic carbocycles. The molecule has 0 saturated carbocycles. The van der Waals surface area contributed by atoms with Gasteiger partial charge < -0.3 is 16.0 Å². The molecule has 0 aliphatic carbocycles. The van der Waals surface area contributed by atoms with Gasteiger partial charge in [-0.15, -0.1) is 11.3 Å². The average molecular weight is 466 g/mol. The zero-order valence-electron chi connectivity index (χ0n) is 16.0. The van der Waals surface area contributed by atoms with Crippen LogP contribution in [-0.2, 0) is 16.1 Å². The highest BCUT2D eigenvalue weighted by atomic mass is 79.9. The Morgan fingerprint density at radius 1 is 1.11 bits per heavy atom. The van der Waals surface area contributed by atoms with Gasteiger partial charge in [0.05, 0.1) is 8.66 Å². The first kappa shape index (κ1) is 22.1. The molecule has 0 fully saturated rings. The molecule has 2 rings (SSSR count). The van der Waals surface area contributed by atoms with Crippen molar-refractivity contribution in [2.75, 3.05) is 5.32 Å². The first-order valence-electron chi connectivity index (χ1n) is 8.97. The molecule has 28 heavy (non-hydrogen) atoms. The van der Waals surface area contributed by atoms with Crippen LogP contribution in [0, 0.1) is 5.92 Å². The number of halogens is 1. The summed E-state index contributed by atoms with van der Waals surface area (Å²) < 4.78 is 0.857. The third-order valence-electron chi connectivity index (χ3n) is 3.81. The summed E-state index contributed by atoms with van der Waals surface area (Å²) >= 11 is 4.62. The number of rotatable bonds is 8. The van der Waals surface area contributed by atoms with Gasteiger partial charge in [0, 0.05) is 18.7 Å². The lowest BCUT2D eigenvalue weighted by Gasteiger charge is -2.14. The van der Waals surface area contributed by atoms with Gasteiger partial charge >= 0.3 is 0 Å². The molecular formula is C20H24BrN3O3S. The number of hydrogen-bond acceptors (Lipinski definition) is 4. The van der Waals surface area contributed by atoms with Crippen LogP contribution in [0.3, 0.4) is 0 Å². The van der Waals surface area contributed by atoms with Crippen molar-refractivity contribution in [2.24, 2.45) is 5.92 Å². The van der Waals surface area contributed by atoms with Crippen molar-refractivity contribution in [1.29, 1.82) is 0 Å². The molecule has 1 aromatic heterocycles. The summed E-state index contributed by atoms with van der Waals surface area (Å²) in [5.41, 5.74) is 1.55. The molecule has 3 amide bonds. The minimum Gasteiger partial charge on any atom is -0.350 e. The van der Waals surface area contributed by atoms with Crippen molar-refractivity contribution in [1.82, 2.24) is 10.6 Å². The van der Waals surface area contributed by atoms with Crippen molar-refractivity contribution in [3.8, 4) is 0 Å². The third kappa shape index (κ3) is 7.09. The van der Waals surface area contributed by atoms with Gasteiger partial charge in [-0.2, -0.15) is 0 Å². The number of carbonyl (C=O) groups is 3. The minimum atomic E-state index is -0.665. The van der Waals surface area contributed by atoms with Crippen LogP contribution in [0.1, 0.15) is 42.4 Å². The Morgan fingerprint density at radius 2 is 1.86 bits per heavy atom. The molecule has 1 unspecified atom stereocenters. The number of nitrogens with one attached hydrogen (secondary N) is 3. The Morgan fingerprint density at radius 3 is 2.50 bits per heavy atom. The molecule has 2 aromatic rings.